The van der Waals surface area contributed by atoms with Gasteiger partial charge < -0.3 is 26.4 Å². The van der Waals surface area contributed by atoms with E-state index in [2.05, 4.69) is 31.0 Å². The third-order valence-corrected chi connectivity index (χ3v) is 5.38. The minimum atomic E-state index is -0.296. The fourth-order valence-electron chi connectivity index (χ4n) is 3.71. The lowest BCUT2D eigenvalue weighted by Crippen LogP contribution is -2.33. The van der Waals surface area contributed by atoms with Crippen molar-refractivity contribution in [1.29, 1.82) is 0 Å². The third kappa shape index (κ3) is 5.09. The van der Waals surface area contributed by atoms with Crippen LogP contribution in [0.5, 0.6) is 0 Å². The largest absolute Gasteiger partial charge is 0.383 e. The van der Waals surface area contributed by atoms with Gasteiger partial charge in [0, 0.05) is 49.9 Å². The number of amides is 1. The molecule has 0 bridgehead atoms. The summed E-state index contributed by atoms with van der Waals surface area (Å²) in [5, 5.41) is 14.4. The van der Waals surface area contributed by atoms with E-state index in [1.165, 1.54) is 6.20 Å². The van der Waals surface area contributed by atoms with Gasteiger partial charge in [-0.15, -0.1) is 5.10 Å². The van der Waals surface area contributed by atoms with Gasteiger partial charge in [0.15, 0.2) is 11.3 Å². The first kappa shape index (κ1) is 21.0. The van der Waals surface area contributed by atoms with E-state index in [4.69, 9.17) is 10.5 Å². The van der Waals surface area contributed by atoms with Crippen LogP contribution in [0.2, 0.25) is 0 Å². The van der Waals surface area contributed by atoms with Crippen molar-refractivity contribution in [2.45, 2.75) is 37.8 Å². The molecule has 0 aliphatic heterocycles. The number of hydrogen-bond acceptors (Lipinski definition) is 8. The van der Waals surface area contributed by atoms with E-state index >= 15 is 0 Å². The number of carbonyl (C=O) groups is 1. The van der Waals surface area contributed by atoms with Gasteiger partial charge in [-0.2, -0.15) is 0 Å². The van der Waals surface area contributed by atoms with Crippen LogP contribution < -0.4 is 21.7 Å². The summed E-state index contributed by atoms with van der Waals surface area (Å²) in [7, 11) is 1.65. The first-order valence-corrected chi connectivity index (χ1v) is 10.5. The number of carbonyl (C=O) groups excluding carboxylic acids is 1. The van der Waals surface area contributed by atoms with Crippen LogP contribution >= 0.6 is 0 Å². The van der Waals surface area contributed by atoms with Crippen LogP contribution in [0.4, 0.5) is 17.2 Å². The number of fused-ring (bicyclic) bond motifs is 1. The summed E-state index contributed by atoms with van der Waals surface area (Å²) >= 11 is 0. The molecule has 0 aromatic carbocycles. The van der Waals surface area contributed by atoms with E-state index in [0.717, 1.165) is 31.4 Å². The van der Waals surface area contributed by atoms with Crippen molar-refractivity contribution in [2.75, 3.05) is 36.2 Å². The average Bonchev–Trinajstić information content (AvgIpc) is 3.20. The predicted octanol–water partition coefficient (Wildman–Crippen LogP) is 2.12. The van der Waals surface area contributed by atoms with Gasteiger partial charge in [0.25, 0.3) is 5.91 Å². The van der Waals surface area contributed by atoms with Gasteiger partial charge in [0.2, 0.25) is 0 Å². The molecular formula is C21H28N8O2. The molecule has 0 unspecified atom stereocenters. The normalized spacial score (nSPS) is 18.6. The van der Waals surface area contributed by atoms with Gasteiger partial charge in [-0.3, -0.25) is 9.78 Å². The van der Waals surface area contributed by atoms with Gasteiger partial charge >= 0.3 is 0 Å². The first-order valence-electron chi connectivity index (χ1n) is 10.5. The zero-order valence-corrected chi connectivity index (χ0v) is 17.5. The highest BCUT2D eigenvalue weighted by molar-refractivity contribution is 6.03. The molecule has 0 spiro atoms. The molecule has 5 N–H and O–H groups in total. The van der Waals surface area contributed by atoms with Crippen molar-refractivity contribution >= 4 is 28.7 Å². The maximum atomic E-state index is 12.9. The zero-order valence-electron chi connectivity index (χ0n) is 17.5. The molecule has 3 heterocycles. The van der Waals surface area contributed by atoms with Crippen LogP contribution in [0, 0.1) is 0 Å². The molecule has 31 heavy (non-hydrogen) atoms. The summed E-state index contributed by atoms with van der Waals surface area (Å²) in [4.78, 5) is 21.3. The quantitative estimate of drug-likeness (QED) is 0.404. The number of nitrogens with one attached hydrogen (secondary N) is 3. The fraction of sp³-hybridized carbons (Fsp3) is 0.429. The van der Waals surface area contributed by atoms with Gasteiger partial charge in [-0.25, -0.2) is 9.50 Å². The molecule has 4 rings (SSSR count). The summed E-state index contributed by atoms with van der Waals surface area (Å²) in [6.45, 7) is 1.16. The van der Waals surface area contributed by atoms with Gasteiger partial charge in [-0.1, -0.05) is 0 Å². The molecule has 1 aliphatic carbocycles. The van der Waals surface area contributed by atoms with Crippen LogP contribution in [0.15, 0.2) is 36.8 Å². The number of anilines is 3. The first-order chi connectivity index (χ1) is 15.1. The Morgan fingerprint density at radius 1 is 1.26 bits per heavy atom. The summed E-state index contributed by atoms with van der Waals surface area (Å²) in [5.41, 5.74) is 8.39. The predicted molar refractivity (Wildman–Crippen MR) is 119 cm³/mol. The van der Waals surface area contributed by atoms with Crippen LogP contribution in [-0.2, 0) is 4.74 Å². The number of methoxy groups -OCH3 is 1. The Kier molecular flexibility index (Phi) is 6.58. The molecule has 0 radical (unpaired) electrons. The number of pyridine rings is 1. The number of nitrogens with two attached hydrogens (primary N) is 1. The van der Waals surface area contributed by atoms with Crippen LogP contribution in [0.25, 0.3) is 5.65 Å². The molecule has 1 aliphatic rings. The lowest BCUT2D eigenvalue weighted by molar-refractivity contribution is 0.102. The Bertz CT molecular complexity index is 1010. The van der Waals surface area contributed by atoms with Gasteiger partial charge in [0.05, 0.1) is 18.5 Å². The minimum Gasteiger partial charge on any atom is -0.383 e. The standard InChI is InChI=1S/C21H28N8O2/c1-31-11-10-24-17-12-19(26-15-4-2-14(22)3-5-15)28-29-18(13-25-20(17)29)21(30)27-16-6-8-23-9-7-16/h6-9,12-15,24H,2-5,10-11,22H2,1H3,(H,26,28)(H,23,27,30)/t14-,15-. The number of imidazole rings is 1. The van der Waals surface area contributed by atoms with Crippen LogP contribution in [-0.4, -0.2) is 57.8 Å². The monoisotopic (exact) mass is 424 g/mol. The second-order valence-electron chi connectivity index (χ2n) is 7.69. The zero-order chi connectivity index (χ0) is 21.6. The molecule has 3 aromatic rings. The van der Waals surface area contributed by atoms with Crippen molar-refractivity contribution in [3.63, 3.8) is 0 Å². The number of ether oxygens (including phenoxy) is 1. The Labute approximate surface area is 180 Å². The second kappa shape index (κ2) is 9.71. The van der Waals surface area contributed by atoms with Crippen molar-refractivity contribution in [2.24, 2.45) is 5.73 Å². The molecule has 0 saturated heterocycles. The molecule has 164 valence electrons. The van der Waals surface area contributed by atoms with Crippen molar-refractivity contribution < 1.29 is 9.53 Å². The summed E-state index contributed by atoms with van der Waals surface area (Å²) in [6, 6.07) is 5.96. The average molecular weight is 425 g/mol. The number of rotatable bonds is 8. The Balaban J connectivity index is 1.62. The highest BCUT2D eigenvalue weighted by Gasteiger charge is 2.21. The Morgan fingerprint density at radius 2 is 2.03 bits per heavy atom. The minimum absolute atomic E-state index is 0.275. The third-order valence-electron chi connectivity index (χ3n) is 5.38. The van der Waals surface area contributed by atoms with Crippen molar-refractivity contribution in [3.05, 3.63) is 42.5 Å². The van der Waals surface area contributed by atoms with E-state index in [1.807, 2.05) is 6.07 Å². The maximum absolute atomic E-state index is 12.9. The van der Waals surface area contributed by atoms with E-state index in [-0.39, 0.29) is 11.9 Å². The van der Waals surface area contributed by atoms with Crippen LogP contribution in [0.3, 0.4) is 0 Å². The van der Waals surface area contributed by atoms with E-state index in [9.17, 15) is 4.79 Å². The van der Waals surface area contributed by atoms with E-state index in [1.54, 1.807) is 36.2 Å². The van der Waals surface area contributed by atoms with Crippen LogP contribution in [0.1, 0.15) is 36.2 Å². The lowest BCUT2D eigenvalue weighted by atomic mass is 9.92. The lowest BCUT2D eigenvalue weighted by Gasteiger charge is -2.27. The molecule has 1 amide bonds. The molecule has 1 fully saturated rings. The highest BCUT2D eigenvalue weighted by Crippen LogP contribution is 2.24. The summed E-state index contributed by atoms with van der Waals surface area (Å²) in [6.07, 6.45) is 8.74. The second-order valence-corrected chi connectivity index (χ2v) is 7.69. The van der Waals surface area contributed by atoms with Gasteiger partial charge in [0.1, 0.15) is 5.82 Å². The molecule has 10 nitrogen and oxygen atoms in total. The number of hydrogen-bond donors (Lipinski definition) is 4. The fourth-order valence-corrected chi connectivity index (χ4v) is 3.71. The Morgan fingerprint density at radius 3 is 2.77 bits per heavy atom. The highest BCUT2D eigenvalue weighted by atomic mass is 16.5. The van der Waals surface area contributed by atoms with Crippen molar-refractivity contribution in [1.82, 2.24) is 19.6 Å². The maximum Gasteiger partial charge on any atom is 0.276 e. The number of nitrogens with zero attached hydrogens (tertiary/aromatic N) is 4. The topological polar surface area (TPSA) is 131 Å². The summed E-state index contributed by atoms with van der Waals surface area (Å²) < 4.78 is 6.72. The van der Waals surface area contributed by atoms with E-state index < -0.39 is 0 Å². The molecule has 0 atom stereocenters. The Hall–Kier alpha value is -3.24. The number of aromatic nitrogens is 4. The molecule has 3 aromatic heterocycles. The molecule has 10 heteroatoms. The summed E-state index contributed by atoms with van der Waals surface area (Å²) in [5.74, 6) is 0.388. The SMILES string of the molecule is COCCNc1cc(N[C@H]2CC[C@H](N)CC2)nn2c(C(=O)Nc3ccncc3)cnc12. The van der Waals surface area contributed by atoms with Crippen molar-refractivity contribution in [3.8, 4) is 0 Å². The van der Waals surface area contributed by atoms with Gasteiger partial charge in [-0.05, 0) is 37.8 Å². The smallest absolute Gasteiger partial charge is 0.276 e. The van der Waals surface area contributed by atoms with E-state index in [0.29, 0.717) is 42.0 Å². The molecule has 1 saturated carbocycles. The molecular weight excluding hydrogens is 396 g/mol.